The Labute approximate surface area is 144 Å². The van der Waals surface area contributed by atoms with Gasteiger partial charge in [0.1, 0.15) is 10.8 Å². The molecule has 2 heterocycles. The van der Waals surface area contributed by atoms with Crippen LogP contribution in [-0.2, 0) is 12.1 Å². The Balaban J connectivity index is 1.71. The molecule has 5 nitrogen and oxygen atoms in total. The summed E-state index contributed by atoms with van der Waals surface area (Å²) in [5.41, 5.74) is 1.47. The number of aryl methyl sites for hydroxylation is 1. The van der Waals surface area contributed by atoms with Crippen molar-refractivity contribution in [2.45, 2.75) is 39.3 Å². The molecule has 0 radical (unpaired) electrons. The van der Waals surface area contributed by atoms with E-state index < -0.39 is 0 Å². The van der Waals surface area contributed by atoms with Crippen molar-refractivity contribution >= 4 is 11.3 Å². The van der Waals surface area contributed by atoms with Gasteiger partial charge in [0.15, 0.2) is 0 Å². The van der Waals surface area contributed by atoms with Crippen LogP contribution in [-0.4, -0.2) is 15.2 Å². The fraction of sp³-hybridized carbons (Fsp3) is 0.353. The normalized spacial score (nSPS) is 13.8. The summed E-state index contributed by atoms with van der Waals surface area (Å²) in [6.07, 6.45) is 0.888. The van der Waals surface area contributed by atoms with Gasteiger partial charge in [-0.1, -0.05) is 6.92 Å². The van der Waals surface area contributed by atoms with E-state index in [9.17, 15) is 4.39 Å². The van der Waals surface area contributed by atoms with Gasteiger partial charge in [0.05, 0.1) is 12.1 Å². The van der Waals surface area contributed by atoms with Gasteiger partial charge in [-0.3, -0.25) is 5.32 Å². The Morgan fingerprint density at radius 3 is 2.62 bits per heavy atom. The number of aromatic nitrogens is 3. The van der Waals surface area contributed by atoms with Crippen LogP contribution in [0.4, 0.5) is 4.39 Å². The molecule has 1 N–H and O–H groups in total. The van der Waals surface area contributed by atoms with E-state index in [1.807, 2.05) is 12.3 Å². The highest BCUT2D eigenvalue weighted by Gasteiger charge is 2.27. The molecular weight excluding hydrogens is 327 g/mol. The molecule has 0 fully saturated rings. The van der Waals surface area contributed by atoms with E-state index in [-0.39, 0.29) is 11.4 Å². The molecule has 0 unspecified atom stereocenters. The van der Waals surface area contributed by atoms with Gasteiger partial charge in [-0.05, 0) is 44.5 Å². The third-order valence-corrected chi connectivity index (χ3v) is 5.21. The maximum absolute atomic E-state index is 13.0. The molecule has 0 aliphatic heterocycles. The fourth-order valence-corrected chi connectivity index (χ4v) is 3.27. The molecule has 0 saturated heterocycles. The second-order valence-electron chi connectivity index (χ2n) is 5.84. The highest BCUT2D eigenvalue weighted by molar-refractivity contribution is 7.09. The SMILES string of the molecule is CC[C@@](C)(NCc1nnc(-c2ccc(F)cc2)o1)c1nc(C)cs1. The fourth-order valence-electron chi connectivity index (χ4n) is 2.26. The Hall–Kier alpha value is -2.12. The van der Waals surface area contributed by atoms with Gasteiger partial charge in [0.25, 0.3) is 0 Å². The molecule has 3 rings (SSSR count). The Morgan fingerprint density at radius 1 is 1.25 bits per heavy atom. The van der Waals surface area contributed by atoms with Crippen molar-refractivity contribution in [1.82, 2.24) is 20.5 Å². The number of nitrogens with one attached hydrogen (secondary N) is 1. The van der Waals surface area contributed by atoms with Crippen LogP contribution in [0.3, 0.4) is 0 Å². The molecule has 0 spiro atoms. The molecule has 7 heteroatoms. The molecule has 1 aromatic carbocycles. The molecule has 2 aromatic heterocycles. The minimum absolute atomic E-state index is 0.247. The summed E-state index contributed by atoms with van der Waals surface area (Å²) < 4.78 is 18.6. The quantitative estimate of drug-likeness (QED) is 0.729. The van der Waals surface area contributed by atoms with Gasteiger partial charge >= 0.3 is 0 Å². The van der Waals surface area contributed by atoms with Crippen LogP contribution in [0.2, 0.25) is 0 Å². The third-order valence-electron chi connectivity index (χ3n) is 3.99. The van der Waals surface area contributed by atoms with Crippen LogP contribution in [0.15, 0.2) is 34.1 Å². The van der Waals surface area contributed by atoms with Crippen LogP contribution >= 0.6 is 11.3 Å². The number of hydrogen-bond acceptors (Lipinski definition) is 6. The molecule has 0 amide bonds. The monoisotopic (exact) mass is 346 g/mol. The van der Waals surface area contributed by atoms with Gasteiger partial charge in [-0.25, -0.2) is 9.37 Å². The van der Waals surface area contributed by atoms with Gasteiger partial charge in [-0.15, -0.1) is 21.5 Å². The van der Waals surface area contributed by atoms with Gasteiger partial charge in [0, 0.05) is 16.6 Å². The van der Waals surface area contributed by atoms with Crippen molar-refractivity contribution < 1.29 is 8.81 Å². The summed E-state index contributed by atoms with van der Waals surface area (Å²) in [5.74, 6) is 0.579. The minimum atomic E-state index is -0.294. The first-order valence-corrected chi connectivity index (χ1v) is 8.64. The Kier molecular flexibility index (Phi) is 4.73. The molecule has 1 atom stereocenters. The van der Waals surface area contributed by atoms with Crippen LogP contribution < -0.4 is 5.32 Å². The predicted molar refractivity (Wildman–Crippen MR) is 91.0 cm³/mol. The van der Waals surface area contributed by atoms with E-state index in [0.717, 1.165) is 17.1 Å². The van der Waals surface area contributed by atoms with E-state index >= 15 is 0 Å². The third kappa shape index (κ3) is 3.52. The number of nitrogens with zero attached hydrogens (tertiary/aromatic N) is 3. The van der Waals surface area contributed by atoms with Crippen LogP contribution in [0, 0.1) is 12.7 Å². The molecule has 3 aromatic rings. The van der Waals surface area contributed by atoms with Gasteiger partial charge in [-0.2, -0.15) is 0 Å². The Morgan fingerprint density at radius 2 is 2.00 bits per heavy atom. The summed E-state index contributed by atoms with van der Waals surface area (Å²) in [7, 11) is 0. The molecule has 0 aliphatic rings. The zero-order valence-electron chi connectivity index (χ0n) is 13.8. The first-order chi connectivity index (χ1) is 11.5. The molecule has 24 heavy (non-hydrogen) atoms. The molecular formula is C17H19FN4OS. The number of hydrogen-bond donors (Lipinski definition) is 1. The highest BCUT2D eigenvalue weighted by Crippen LogP contribution is 2.28. The topological polar surface area (TPSA) is 63.8 Å². The summed E-state index contributed by atoms with van der Waals surface area (Å²) in [6.45, 7) is 6.66. The van der Waals surface area contributed by atoms with Crippen molar-refractivity contribution in [2.75, 3.05) is 0 Å². The van der Waals surface area contributed by atoms with E-state index in [2.05, 4.69) is 34.3 Å². The van der Waals surface area contributed by atoms with Gasteiger partial charge in [0.2, 0.25) is 11.8 Å². The average Bonchev–Trinajstić information content (AvgIpc) is 3.23. The van der Waals surface area contributed by atoms with E-state index in [0.29, 0.717) is 23.9 Å². The lowest BCUT2D eigenvalue weighted by Gasteiger charge is -2.26. The standard InChI is InChI=1S/C17H19FN4OS/c1-4-17(3,16-20-11(2)10-24-16)19-9-14-21-22-15(23-14)12-5-7-13(18)8-6-12/h5-8,10,19H,4,9H2,1-3H3/t17-/m1/s1. The van der Waals surface area contributed by atoms with Crippen molar-refractivity contribution in [3.05, 3.63) is 52.1 Å². The van der Waals surface area contributed by atoms with Crippen molar-refractivity contribution in [2.24, 2.45) is 0 Å². The molecule has 0 aliphatic carbocycles. The lowest BCUT2D eigenvalue weighted by molar-refractivity contribution is 0.327. The zero-order valence-corrected chi connectivity index (χ0v) is 14.7. The maximum Gasteiger partial charge on any atom is 0.247 e. The number of halogens is 1. The van der Waals surface area contributed by atoms with Crippen molar-refractivity contribution in [3.63, 3.8) is 0 Å². The smallest absolute Gasteiger partial charge is 0.247 e. The second-order valence-corrected chi connectivity index (χ2v) is 6.70. The largest absolute Gasteiger partial charge is 0.419 e. The lowest BCUT2D eigenvalue weighted by Crippen LogP contribution is -2.38. The zero-order chi connectivity index (χ0) is 17.2. The molecule has 0 bridgehead atoms. The summed E-state index contributed by atoms with van der Waals surface area (Å²) >= 11 is 1.64. The first-order valence-electron chi connectivity index (χ1n) is 7.76. The van der Waals surface area contributed by atoms with E-state index in [1.165, 1.54) is 12.1 Å². The highest BCUT2D eigenvalue weighted by atomic mass is 32.1. The second kappa shape index (κ2) is 6.78. The lowest BCUT2D eigenvalue weighted by atomic mass is 10.00. The number of benzene rings is 1. The summed E-state index contributed by atoms with van der Waals surface area (Å²) in [4.78, 5) is 4.58. The summed E-state index contributed by atoms with van der Waals surface area (Å²) in [6, 6.07) is 5.98. The van der Waals surface area contributed by atoms with Crippen LogP contribution in [0.5, 0.6) is 0 Å². The van der Waals surface area contributed by atoms with Crippen molar-refractivity contribution in [1.29, 1.82) is 0 Å². The Bertz CT molecular complexity index is 814. The minimum Gasteiger partial charge on any atom is -0.419 e. The number of thiazole rings is 1. The maximum atomic E-state index is 13.0. The van der Waals surface area contributed by atoms with Crippen molar-refractivity contribution in [3.8, 4) is 11.5 Å². The predicted octanol–water partition coefficient (Wildman–Crippen LogP) is 4.06. The van der Waals surface area contributed by atoms with Crippen LogP contribution in [0.1, 0.15) is 36.9 Å². The van der Waals surface area contributed by atoms with Crippen LogP contribution in [0.25, 0.3) is 11.5 Å². The van der Waals surface area contributed by atoms with E-state index in [4.69, 9.17) is 4.42 Å². The van der Waals surface area contributed by atoms with E-state index in [1.54, 1.807) is 23.5 Å². The number of rotatable bonds is 6. The molecule has 126 valence electrons. The average molecular weight is 346 g/mol. The summed E-state index contributed by atoms with van der Waals surface area (Å²) in [5, 5.41) is 14.6. The molecule has 0 saturated carbocycles. The van der Waals surface area contributed by atoms with Gasteiger partial charge < -0.3 is 4.42 Å². The first kappa shape index (κ1) is 16.7.